The van der Waals surface area contributed by atoms with Crippen LogP contribution < -0.4 is 9.64 Å². The lowest BCUT2D eigenvalue weighted by atomic mass is 9.78. The van der Waals surface area contributed by atoms with Crippen LogP contribution in [0, 0.1) is 0 Å². The van der Waals surface area contributed by atoms with Crippen molar-refractivity contribution in [3.05, 3.63) is 96.1 Å². The maximum atomic E-state index is 6.38. The number of hydrogen-bond donors (Lipinski definition) is 0. The van der Waals surface area contributed by atoms with Crippen LogP contribution in [0.3, 0.4) is 0 Å². The zero-order chi connectivity index (χ0) is 17.5. The first kappa shape index (κ1) is 13.7. The van der Waals surface area contributed by atoms with Gasteiger partial charge in [-0.3, -0.25) is 0 Å². The van der Waals surface area contributed by atoms with Crippen molar-refractivity contribution < 1.29 is 4.74 Å². The normalized spacial score (nSPS) is 14.7. The lowest BCUT2D eigenvalue weighted by Gasteiger charge is -2.47. The largest absolute Gasteiger partial charge is 0.453 e. The van der Waals surface area contributed by atoms with Crippen LogP contribution in [-0.2, 0) is 0 Å². The van der Waals surface area contributed by atoms with E-state index in [-0.39, 0.29) is 6.04 Å². The highest BCUT2D eigenvalue weighted by molar-refractivity contribution is 6.02. The van der Waals surface area contributed by atoms with Gasteiger partial charge < -0.3 is 9.64 Å². The molecule has 3 aliphatic rings. The SMILES string of the molecule is c1ccc2c(c1)-c1cccc3c1N1c4c(cccc4-c4ccccc4C21)O3. The Balaban J connectivity index is 1.70. The van der Waals surface area contributed by atoms with E-state index in [4.69, 9.17) is 4.74 Å². The number of ether oxygens (including phenoxy) is 1. The predicted octanol–water partition coefficient (Wildman–Crippen LogP) is 6.68. The van der Waals surface area contributed by atoms with Gasteiger partial charge in [0.2, 0.25) is 0 Å². The molecule has 4 aromatic carbocycles. The van der Waals surface area contributed by atoms with Crippen LogP contribution in [0.4, 0.5) is 11.4 Å². The van der Waals surface area contributed by atoms with Crippen molar-refractivity contribution in [2.45, 2.75) is 6.04 Å². The van der Waals surface area contributed by atoms with Crippen LogP contribution in [0.15, 0.2) is 84.9 Å². The Labute approximate surface area is 157 Å². The molecule has 3 aliphatic heterocycles. The fraction of sp³-hybridized carbons (Fsp3) is 0.0400. The summed E-state index contributed by atoms with van der Waals surface area (Å²) in [6.45, 7) is 0. The van der Waals surface area contributed by atoms with Crippen molar-refractivity contribution in [2.24, 2.45) is 0 Å². The number of para-hydroxylation sites is 2. The highest BCUT2D eigenvalue weighted by Crippen LogP contribution is 2.63. The summed E-state index contributed by atoms with van der Waals surface area (Å²) in [5.41, 5.74) is 10.2. The van der Waals surface area contributed by atoms with E-state index < -0.39 is 0 Å². The summed E-state index contributed by atoms with van der Waals surface area (Å²) < 4.78 is 6.38. The van der Waals surface area contributed by atoms with Crippen molar-refractivity contribution in [3.63, 3.8) is 0 Å². The Kier molecular flexibility index (Phi) is 2.33. The van der Waals surface area contributed by atoms with Crippen LogP contribution in [-0.4, -0.2) is 0 Å². The first-order valence-corrected chi connectivity index (χ1v) is 9.33. The van der Waals surface area contributed by atoms with E-state index >= 15 is 0 Å². The lowest BCUT2D eigenvalue weighted by molar-refractivity contribution is 0.469. The number of fused-ring (bicyclic) bond motifs is 6. The van der Waals surface area contributed by atoms with Gasteiger partial charge in [-0.1, -0.05) is 72.8 Å². The summed E-state index contributed by atoms with van der Waals surface area (Å²) in [7, 11) is 0. The molecule has 0 spiro atoms. The number of anilines is 2. The highest BCUT2D eigenvalue weighted by Gasteiger charge is 2.43. The zero-order valence-electron chi connectivity index (χ0n) is 14.5. The molecule has 0 atom stereocenters. The van der Waals surface area contributed by atoms with Gasteiger partial charge in [0.15, 0.2) is 11.5 Å². The molecule has 0 unspecified atom stereocenters. The second-order valence-corrected chi connectivity index (χ2v) is 7.35. The molecule has 0 radical (unpaired) electrons. The van der Waals surface area contributed by atoms with Crippen LogP contribution >= 0.6 is 0 Å². The molecule has 7 rings (SSSR count). The van der Waals surface area contributed by atoms with E-state index in [0.717, 1.165) is 11.5 Å². The van der Waals surface area contributed by atoms with E-state index in [1.807, 2.05) is 0 Å². The summed E-state index contributed by atoms with van der Waals surface area (Å²) in [5.74, 6) is 1.88. The summed E-state index contributed by atoms with van der Waals surface area (Å²) in [4.78, 5) is 2.50. The molecule has 0 saturated carbocycles. The highest BCUT2D eigenvalue weighted by atomic mass is 16.5. The first-order chi connectivity index (χ1) is 13.4. The molecule has 0 bridgehead atoms. The maximum Gasteiger partial charge on any atom is 0.151 e. The number of nitrogens with zero attached hydrogens (tertiary/aromatic N) is 1. The second-order valence-electron chi connectivity index (χ2n) is 7.35. The van der Waals surface area contributed by atoms with E-state index in [2.05, 4.69) is 89.8 Å². The van der Waals surface area contributed by atoms with E-state index in [9.17, 15) is 0 Å². The smallest absolute Gasteiger partial charge is 0.151 e. The van der Waals surface area contributed by atoms with Crippen LogP contribution in [0.2, 0.25) is 0 Å². The summed E-state index contributed by atoms with van der Waals surface area (Å²) in [6.07, 6.45) is 0. The third-order valence-electron chi connectivity index (χ3n) is 6.05. The fourth-order valence-electron chi connectivity index (χ4n) is 5.04. The molecule has 2 nitrogen and oxygen atoms in total. The average Bonchev–Trinajstić information content (AvgIpc) is 2.74. The minimum atomic E-state index is 0.170. The standard InChI is InChI=1S/C25H15NO/c1-3-9-17-15(7-1)19-11-5-13-21-24(19)26-23(17)18-10-4-2-8-16(18)20-12-6-14-22(27-21)25(20)26/h1-14,23H. The van der Waals surface area contributed by atoms with E-state index in [0.29, 0.717) is 0 Å². The number of rotatable bonds is 0. The molecule has 0 aromatic heterocycles. The average molecular weight is 345 g/mol. The third-order valence-corrected chi connectivity index (χ3v) is 6.05. The van der Waals surface area contributed by atoms with Crippen molar-refractivity contribution in [2.75, 3.05) is 4.90 Å². The molecule has 3 heterocycles. The van der Waals surface area contributed by atoms with Crippen LogP contribution in [0.5, 0.6) is 11.5 Å². The Morgan fingerprint density at radius 1 is 0.519 bits per heavy atom. The second kappa shape index (κ2) is 4.60. The van der Waals surface area contributed by atoms with Gasteiger partial charge in [-0.25, -0.2) is 0 Å². The fourth-order valence-corrected chi connectivity index (χ4v) is 5.04. The molecule has 0 fully saturated rings. The molecular weight excluding hydrogens is 330 g/mol. The molecule has 0 N–H and O–H groups in total. The quantitative estimate of drug-likeness (QED) is 0.352. The minimum Gasteiger partial charge on any atom is -0.453 e. The van der Waals surface area contributed by atoms with Gasteiger partial charge in [-0.2, -0.15) is 0 Å². The molecule has 0 amide bonds. The molecular formula is C25H15NO. The number of hydrogen-bond acceptors (Lipinski definition) is 2. The summed E-state index contributed by atoms with van der Waals surface area (Å²) >= 11 is 0. The van der Waals surface area contributed by atoms with E-state index in [1.165, 1.54) is 44.8 Å². The third kappa shape index (κ3) is 1.53. The Bertz CT molecular complexity index is 1180. The van der Waals surface area contributed by atoms with Gasteiger partial charge in [0.1, 0.15) is 0 Å². The van der Waals surface area contributed by atoms with Crippen molar-refractivity contribution in [1.82, 2.24) is 0 Å². The molecule has 0 aliphatic carbocycles. The van der Waals surface area contributed by atoms with Crippen LogP contribution in [0.1, 0.15) is 17.2 Å². The summed E-state index contributed by atoms with van der Waals surface area (Å²) in [6, 6.07) is 30.5. The zero-order valence-corrected chi connectivity index (χ0v) is 14.5. The monoisotopic (exact) mass is 345 g/mol. The minimum absolute atomic E-state index is 0.170. The van der Waals surface area contributed by atoms with Gasteiger partial charge in [0, 0.05) is 11.1 Å². The molecule has 4 aromatic rings. The van der Waals surface area contributed by atoms with Gasteiger partial charge in [0.25, 0.3) is 0 Å². The van der Waals surface area contributed by atoms with Gasteiger partial charge in [-0.15, -0.1) is 0 Å². The number of benzene rings is 4. The Morgan fingerprint density at radius 3 is 1.56 bits per heavy atom. The Hall–Kier alpha value is -3.52. The van der Waals surface area contributed by atoms with Crippen molar-refractivity contribution >= 4 is 11.4 Å². The predicted molar refractivity (Wildman–Crippen MR) is 108 cm³/mol. The van der Waals surface area contributed by atoms with Crippen molar-refractivity contribution in [1.29, 1.82) is 0 Å². The van der Waals surface area contributed by atoms with Gasteiger partial charge >= 0.3 is 0 Å². The Morgan fingerprint density at radius 2 is 1.00 bits per heavy atom. The first-order valence-electron chi connectivity index (χ1n) is 9.33. The van der Waals surface area contributed by atoms with E-state index in [1.54, 1.807) is 0 Å². The molecule has 126 valence electrons. The molecule has 2 heteroatoms. The summed E-state index contributed by atoms with van der Waals surface area (Å²) in [5, 5.41) is 0. The van der Waals surface area contributed by atoms with Crippen molar-refractivity contribution in [3.8, 4) is 33.8 Å². The van der Waals surface area contributed by atoms with Gasteiger partial charge in [0.05, 0.1) is 17.4 Å². The lowest BCUT2D eigenvalue weighted by Crippen LogP contribution is -2.34. The van der Waals surface area contributed by atoms with Gasteiger partial charge in [-0.05, 0) is 34.4 Å². The molecule has 0 saturated heterocycles. The topological polar surface area (TPSA) is 12.5 Å². The maximum absolute atomic E-state index is 6.38. The van der Waals surface area contributed by atoms with Crippen LogP contribution in [0.25, 0.3) is 22.3 Å². The molecule has 27 heavy (non-hydrogen) atoms.